The Balaban J connectivity index is 2.26. The molecule has 1 aliphatic carbocycles. The smallest absolute Gasteiger partial charge is 0.309 e. The summed E-state index contributed by atoms with van der Waals surface area (Å²) in [6.07, 6.45) is 1.52. The van der Waals surface area contributed by atoms with Crippen LogP contribution in [0, 0.1) is 5.92 Å². The van der Waals surface area contributed by atoms with Gasteiger partial charge in [-0.25, -0.2) is 0 Å². The molecule has 5 heteroatoms. The molecule has 1 aromatic carbocycles. The van der Waals surface area contributed by atoms with Gasteiger partial charge in [-0.3, -0.25) is 9.36 Å². The molecule has 1 aromatic rings. The van der Waals surface area contributed by atoms with Crippen molar-refractivity contribution in [3.05, 3.63) is 35.4 Å². The Morgan fingerprint density at radius 1 is 1.24 bits per heavy atom. The van der Waals surface area contributed by atoms with E-state index in [1.807, 2.05) is 31.2 Å². The molecule has 2 rings (SSSR count). The van der Waals surface area contributed by atoms with E-state index in [-0.39, 0.29) is 11.7 Å². The van der Waals surface area contributed by atoms with Crippen LogP contribution < -0.4 is 0 Å². The number of ketones is 1. The zero-order valence-corrected chi connectivity index (χ0v) is 13.8. The molecule has 0 radical (unpaired) electrons. The maximum Gasteiger partial charge on any atom is 0.334 e. The second-order valence-electron chi connectivity index (χ2n) is 5.28. The topological polar surface area (TPSA) is 52.6 Å². The van der Waals surface area contributed by atoms with Gasteiger partial charge in [-0.2, -0.15) is 0 Å². The van der Waals surface area contributed by atoms with E-state index in [1.165, 1.54) is 0 Å². The highest BCUT2D eigenvalue weighted by atomic mass is 31.2. The van der Waals surface area contributed by atoms with Gasteiger partial charge in [0.25, 0.3) is 0 Å². The van der Waals surface area contributed by atoms with Gasteiger partial charge in [0.1, 0.15) is 0 Å². The number of aryl methyl sites for hydroxylation is 1. The van der Waals surface area contributed by atoms with Crippen molar-refractivity contribution in [2.45, 2.75) is 39.3 Å². The van der Waals surface area contributed by atoms with Gasteiger partial charge < -0.3 is 9.05 Å². The third-order valence-electron chi connectivity index (χ3n) is 4.04. The molecule has 0 aromatic heterocycles. The number of Topliss-reactive ketones (excluding diaryl/α,β-unsaturated/α-hetero) is 1. The molecule has 0 saturated heterocycles. The standard InChI is InChI=1S/C16H23O4P/c1-4-19-21(18,20-5-2)12(3)14-11-10-13-8-6-7-9-15(13)16(14)17/h6-9,12,14H,4-5,10-11H2,1-3H3. The molecule has 2 atom stereocenters. The van der Waals surface area contributed by atoms with Crippen LogP contribution in [0.5, 0.6) is 0 Å². The molecule has 0 amide bonds. The minimum Gasteiger partial charge on any atom is -0.309 e. The van der Waals surface area contributed by atoms with Gasteiger partial charge in [-0.1, -0.05) is 31.2 Å². The minimum atomic E-state index is -3.25. The van der Waals surface area contributed by atoms with Crippen molar-refractivity contribution in [3.63, 3.8) is 0 Å². The van der Waals surface area contributed by atoms with Gasteiger partial charge >= 0.3 is 7.60 Å². The van der Waals surface area contributed by atoms with Crippen molar-refractivity contribution in [2.24, 2.45) is 5.92 Å². The average Bonchev–Trinajstić information content (AvgIpc) is 2.48. The molecular weight excluding hydrogens is 287 g/mol. The predicted octanol–water partition coefficient (Wildman–Crippen LogP) is 4.09. The molecule has 0 aliphatic heterocycles. The van der Waals surface area contributed by atoms with Crippen LogP contribution in [0.25, 0.3) is 0 Å². The predicted molar refractivity (Wildman–Crippen MR) is 82.9 cm³/mol. The molecule has 0 fully saturated rings. The monoisotopic (exact) mass is 310 g/mol. The molecule has 0 bridgehead atoms. The SMILES string of the molecule is CCOP(=O)(OCC)C(C)C1CCc2ccccc2C1=O. The first kappa shape index (κ1) is 16.4. The molecule has 21 heavy (non-hydrogen) atoms. The number of hydrogen-bond donors (Lipinski definition) is 0. The van der Waals surface area contributed by atoms with Crippen LogP contribution in [-0.4, -0.2) is 24.7 Å². The molecule has 2 unspecified atom stereocenters. The number of carbonyl (C=O) groups is 1. The summed E-state index contributed by atoms with van der Waals surface area (Å²) in [5, 5.41) is 0. The number of fused-ring (bicyclic) bond motifs is 1. The van der Waals surface area contributed by atoms with Crippen molar-refractivity contribution in [1.82, 2.24) is 0 Å². The lowest BCUT2D eigenvalue weighted by molar-refractivity contribution is 0.0886. The Bertz CT molecular complexity index is 545. The third-order valence-corrected chi connectivity index (χ3v) is 6.64. The molecular formula is C16H23O4P. The van der Waals surface area contributed by atoms with E-state index in [0.29, 0.717) is 19.6 Å². The van der Waals surface area contributed by atoms with Gasteiger partial charge in [-0.05, 0) is 32.3 Å². The van der Waals surface area contributed by atoms with Gasteiger partial charge in [0, 0.05) is 11.5 Å². The summed E-state index contributed by atoms with van der Waals surface area (Å²) in [5.74, 6) is -0.243. The maximum absolute atomic E-state index is 12.9. The van der Waals surface area contributed by atoms with Gasteiger partial charge in [0.05, 0.1) is 18.9 Å². The maximum atomic E-state index is 12.9. The van der Waals surface area contributed by atoms with Crippen molar-refractivity contribution in [2.75, 3.05) is 13.2 Å². The van der Waals surface area contributed by atoms with Crippen molar-refractivity contribution < 1.29 is 18.4 Å². The van der Waals surface area contributed by atoms with Crippen LogP contribution in [0.15, 0.2) is 24.3 Å². The summed E-state index contributed by atoms with van der Waals surface area (Å²) < 4.78 is 23.7. The first-order valence-electron chi connectivity index (χ1n) is 7.54. The Morgan fingerprint density at radius 2 is 1.86 bits per heavy atom. The van der Waals surface area contributed by atoms with Crippen LogP contribution in [0.3, 0.4) is 0 Å². The van der Waals surface area contributed by atoms with Crippen LogP contribution >= 0.6 is 7.60 Å². The second kappa shape index (κ2) is 6.87. The number of hydrogen-bond acceptors (Lipinski definition) is 4. The zero-order valence-electron chi connectivity index (χ0n) is 12.9. The van der Waals surface area contributed by atoms with E-state index in [4.69, 9.17) is 9.05 Å². The molecule has 0 heterocycles. The van der Waals surface area contributed by atoms with Crippen molar-refractivity contribution in [1.29, 1.82) is 0 Å². The zero-order chi connectivity index (χ0) is 15.5. The quantitative estimate of drug-likeness (QED) is 0.743. The van der Waals surface area contributed by atoms with Gasteiger partial charge in [0.2, 0.25) is 0 Å². The summed E-state index contributed by atoms with van der Waals surface area (Å²) in [4.78, 5) is 12.7. The summed E-state index contributed by atoms with van der Waals surface area (Å²) in [5.41, 5.74) is 1.41. The fraction of sp³-hybridized carbons (Fsp3) is 0.562. The lowest BCUT2D eigenvalue weighted by atomic mass is 9.81. The van der Waals surface area contributed by atoms with Gasteiger partial charge in [0.15, 0.2) is 5.78 Å². The van der Waals surface area contributed by atoms with E-state index < -0.39 is 13.3 Å². The van der Waals surface area contributed by atoms with E-state index >= 15 is 0 Å². The van der Waals surface area contributed by atoms with E-state index in [9.17, 15) is 9.36 Å². The van der Waals surface area contributed by atoms with E-state index in [2.05, 4.69) is 0 Å². The van der Waals surface area contributed by atoms with Crippen LogP contribution in [0.4, 0.5) is 0 Å². The first-order valence-corrected chi connectivity index (χ1v) is 9.15. The van der Waals surface area contributed by atoms with Crippen molar-refractivity contribution in [3.8, 4) is 0 Å². The lowest BCUT2D eigenvalue weighted by Crippen LogP contribution is -2.32. The summed E-state index contributed by atoms with van der Waals surface area (Å²) in [6, 6.07) is 7.65. The highest BCUT2D eigenvalue weighted by Gasteiger charge is 2.42. The normalized spacial score (nSPS) is 20.1. The third kappa shape index (κ3) is 3.28. The highest BCUT2D eigenvalue weighted by molar-refractivity contribution is 7.54. The molecule has 116 valence electrons. The Hall–Kier alpha value is -0.960. The first-order chi connectivity index (χ1) is 10.0. The summed E-state index contributed by atoms with van der Waals surface area (Å²) in [6.45, 7) is 6.02. The molecule has 0 N–H and O–H groups in total. The minimum absolute atomic E-state index is 0.0592. The largest absolute Gasteiger partial charge is 0.334 e. The Labute approximate surface area is 126 Å². The lowest BCUT2D eigenvalue weighted by Gasteiger charge is -2.32. The van der Waals surface area contributed by atoms with Crippen LogP contribution in [0.2, 0.25) is 0 Å². The number of carbonyl (C=O) groups excluding carboxylic acids is 1. The molecule has 4 nitrogen and oxygen atoms in total. The Morgan fingerprint density at radius 3 is 2.48 bits per heavy atom. The summed E-state index contributed by atoms with van der Waals surface area (Å²) in [7, 11) is -3.25. The molecule has 0 spiro atoms. The van der Waals surface area contributed by atoms with Crippen LogP contribution in [-0.2, 0) is 20.0 Å². The molecule has 1 aliphatic rings. The van der Waals surface area contributed by atoms with Crippen molar-refractivity contribution >= 4 is 13.4 Å². The fourth-order valence-electron chi connectivity index (χ4n) is 2.93. The second-order valence-corrected chi connectivity index (χ2v) is 7.69. The molecule has 0 saturated carbocycles. The fourth-order valence-corrected chi connectivity index (χ4v) is 4.92. The Kier molecular flexibility index (Phi) is 5.37. The van der Waals surface area contributed by atoms with Crippen LogP contribution in [0.1, 0.15) is 43.1 Å². The highest BCUT2D eigenvalue weighted by Crippen LogP contribution is 2.56. The number of rotatable bonds is 6. The van der Waals surface area contributed by atoms with E-state index in [0.717, 1.165) is 17.5 Å². The average molecular weight is 310 g/mol. The summed E-state index contributed by atoms with van der Waals surface area (Å²) >= 11 is 0. The van der Waals surface area contributed by atoms with E-state index in [1.54, 1.807) is 13.8 Å². The number of benzene rings is 1. The van der Waals surface area contributed by atoms with Gasteiger partial charge in [-0.15, -0.1) is 0 Å².